The summed E-state index contributed by atoms with van der Waals surface area (Å²) in [5.41, 5.74) is 3.50. The first kappa shape index (κ1) is 54.7. The number of carbonyl (C=O) groups excluding carboxylic acids is 5. The molecule has 17 heteroatoms. The van der Waals surface area contributed by atoms with Gasteiger partial charge < -0.3 is 36.2 Å². The second kappa shape index (κ2) is 27.3. The minimum atomic E-state index is -4.10. The minimum Gasteiger partial charge on any atom is -0.480 e. The number of amides is 5. The number of hydrogen-bond acceptors (Lipinski definition) is 8. The first-order valence-electron chi connectivity index (χ1n) is 23.6. The molecule has 16 nitrogen and oxygen atoms in total. The van der Waals surface area contributed by atoms with Gasteiger partial charge >= 0.3 is 5.97 Å². The Morgan fingerprint density at radius 2 is 0.704 bits per heavy atom. The lowest BCUT2D eigenvalue weighted by atomic mass is 10.00. The van der Waals surface area contributed by atoms with Crippen molar-refractivity contribution in [2.75, 3.05) is 32.9 Å². The Labute approximate surface area is 416 Å². The number of aliphatic carboxylic acids is 1. The van der Waals surface area contributed by atoms with Crippen molar-refractivity contribution in [1.29, 1.82) is 0 Å². The second-order valence-electron chi connectivity index (χ2n) is 18.3. The van der Waals surface area contributed by atoms with Gasteiger partial charge in [0.2, 0.25) is 29.5 Å². The maximum Gasteiger partial charge on any atom is 0.326 e. The number of hydrogen-bond donors (Lipinski definition) is 7. The summed E-state index contributed by atoms with van der Waals surface area (Å²) in [6.07, 6.45) is 0.775. The molecule has 5 unspecified atom stereocenters. The lowest BCUT2D eigenvalue weighted by Gasteiger charge is -2.29. The number of carbonyl (C=O) groups is 6. The fourth-order valence-corrected chi connectivity index (χ4v) is 8.59. The van der Waals surface area contributed by atoms with E-state index in [1.165, 1.54) is 0 Å². The predicted octanol–water partition coefficient (Wildman–Crippen LogP) is 3.84. The minimum absolute atomic E-state index is 0.00273. The topological polar surface area (TPSA) is 237 Å². The first-order chi connectivity index (χ1) is 33.9. The third-order valence-electron chi connectivity index (χ3n) is 11.9. The quantitative estimate of drug-likeness (QED) is 0.0283. The van der Waals surface area contributed by atoms with E-state index in [1.807, 2.05) is 38.4 Å². The fourth-order valence-electron chi connectivity index (χ4n) is 8.10. The molecule has 0 saturated carbocycles. The van der Waals surface area contributed by atoms with Gasteiger partial charge in [-0.1, -0.05) is 152 Å². The lowest BCUT2D eigenvalue weighted by molar-refractivity contribution is -0.890. The summed E-state index contributed by atoms with van der Waals surface area (Å²) in [5.74, 6) is -4.86. The number of quaternary nitrogens is 1. The van der Waals surface area contributed by atoms with Gasteiger partial charge in [-0.05, 0) is 27.8 Å². The molecule has 0 aliphatic heterocycles. The standard InChI is InChI=1S/C54H64N6O10S/c1-60(2,32-19-33-71(68,69)70)31-18-30-49(61)55-44(34-39-20-8-3-9-21-39)50(62)56-45(35-40-22-10-4-11-23-40)51(63)57-46(36-41-24-12-5-13-25-41)52(64)58-47(37-42-26-14-6-15-27-42)53(65)59-48(54(66)67)38-43-28-16-7-17-29-43/h3-17,20-29,44-48H,18-19,30-38H2,1-2H3,(H6-,55,56,57,58,59,61,62,63,64,65,66,67,68,69,70)/p+1. The van der Waals surface area contributed by atoms with E-state index >= 15 is 0 Å². The molecule has 5 atom stereocenters. The average Bonchev–Trinajstić information content (AvgIpc) is 3.34. The van der Waals surface area contributed by atoms with Gasteiger partial charge in [0, 0.05) is 51.4 Å². The van der Waals surface area contributed by atoms with Crippen LogP contribution in [0.4, 0.5) is 0 Å². The highest BCUT2D eigenvalue weighted by molar-refractivity contribution is 7.85. The molecule has 0 aliphatic carbocycles. The van der Waals surface area contributed by atoms with Gasteiger partial charge in [-0.25, -0.2) is 4.79 Å². The van der Waals surface area contributed by atoms with Gasteiger partial charge in [0.1, 0.15) is 30.2 Å². The van der Waals surface area contributed by atoms with Gasteiger partial charge in [-0.3, -0.25) is 28.5 Å². The summed E-state index contributed by atoms with van der Waals surface area (Å²) in [4.78, 5) is 83.7. The highest BCUT2D eigenvalue weighted by Gasteiger charge is 2.33. The van der Waals surface area contributed by atoms with E-state index in [1.54, 1.807) is 127 Å². The van der Waals surface area contributed by atoms with Crippen LogP contribution in [0.1, 0.15) is 47.1 Å². The Kier molecular flexibility index (Phi) is 21.0. The van der Waals surface area contributed by atoms with Crippen LogP contribution in [0.3, 0.4) is 0 Å². The van der Waals surface area contributed by atoms with Crippen molar-refractivity contribution in [1.82, 2.24) is 26.6 Å². The van der Waals surface area contributed by atoms with Gasteiger partial charge in [0.05, 0.1) is 32.9 Å². The van der Waals surface area contributed by atoms with Crippen molar-refractivity contribution in [2.45, 2.75) is 81.6 Å². The molecule has 5 amide bonds. The summed E-state index contributed by atoms with van der Waals surface area (Å²) < 4.78 is 32.0. The summed E-state index contributed by atoms with van der Waals surface area (Å²) in [7, 11) is -0.312. The molecule has 0 aliphatic rings. The van der Waals surface area contributed by atoms with E-state index in [0.717, 1.165) is 5.56 Å². The van der Waals surface area contributed by atoms with Crippen LogP contribution in [0, 0.1) is 0 Å². The Morgan fingerprint density at radius 1 is 0.437 bits per heavy atom. The number of nitrogens with zero attached hydrogens (tertiary/aromatic N) is 1. The molecule has 5 aromatic rings. The molecule has 5 rings (SSSR count). The van der Waals surface area contributed by atoms with Gasteiger partial charge in [0.15, 0.2) is 0 Å². The maximum atomic E-state index is 14.7. The van der Waals surface area contributed by atoms with E-state index < -0.39 is 75.8 Å². The largest absolute Gasteiger partial charge is 0.480 e. The summed E-state index contributed by atoms with van der Waals surface area (Å²) in [6, 6.07) is 38.5. The molecule has 0 heterocycles. The van der Waals surface area contributed by atoms with E-state index in [4.69, 9.17) is 4.55 Å². The highest BCUT2D eigenvalue weighted by atomic mass is 32.2. The molecule has 0 fully saturated rings. The van der Waals surface area contributed by atoms with Crippen molar-refractivity contribution in [3.05, 3.63) is 179 Å². The Balaban J connectivity index is 1.38. The molecular formula is C54H65N6O10S+. The predicted molar refractivity (Wildman–Crippen MR) is 270 cm³/mol. The molecule has 0 bridgehead atoms. The zero-order valence-electron chi connectivity index (χ0n) is 40.1. The van der Waals surface area contributed by atoms with Crippen molar-refractivity contribution >= 4 is 45.6 Å². The van der Waals surface area contributed by atoms with E-state index in [9.17, 15) is 42.3 Å². The second-order valence-corrected chi connectivity index (χ2v) is 19.8. The van der Waals surface area contributed by atoms with E-state index in [-0.39, 0.29) is 50.7 Å². The third kappa shape index (κ3) is 20.0. The van der Waals surface area contributed by atoms with E-state index in [0.29, 0.717) is 46.2 Å². The zero-order valence-corrected chi connectivity index (χ0v) is 40.9. The summed E-state index contributed by atoms with van der Waals surface area (Å²) in [6.45, 7) is 0.964. The summed E-state index contributed by atoms with van der Waals surface area (Å²) >= 11 is 0. The van der Waals surface area contributed by atoms with Crippen molar-refractivity contribution in [3.63, 3.8) is 0 Å². The average molecular weight is 990 g/mol. The molecule has 7 N–H and O–H groups in total. The van der Waals surface area contributed by atoms with Crippen LogP contribution in [0.25, 0.3) is 0 Å². The van der Waals surface area contributed by atoms with Crippen LogP contribution in [-0.2, 0) is 71.0 Å². The number of nitrogens with one attached hydrogen (secondary N) is 5. The molecule has 0 spiro atoms. The number of benzene rings is 5. The number of rotatable bonds is 28. The number of carboxylic acids is 1. The van der Waals surface area contributed by atoms with Crippen molar-refractivity contribution < 1.29 is 51.3 Å². The van der Waals surface area contributed by atoms with E-state index in [2.05, 4.69) is 26.6 Å². The van der Waals surface area contributed by atoms with Crippen molar-refractivity contribution in [3.8, 4) is 0 Å². The Morgan fingerprint density at radius 3 is 1.00 bits per heavy atom. The zero-order chi connectivity index (χ0) is 51.2. The monoisotopic (exact) mass is 989 g/mol. The molecule has 376 valence electrons. The summed E-state index contributed by atoms with van der Waals surface area (Å²) in [5, 5.41) is 24.1. The molecule has 5 aromatic carbocycles. The van der Waals surface area contributed by atoms with Crippen LogP contribution >= 0.6 is 0 Å². The lowest BCUT2D eigenvalue weighted by Crippen LogP contribution is -2.60. The van der Waals surface area contributed by atoms with Crippen LogP contribution in [0.2, 0.25) is 0 Å². The molecule has 0 radical (unpaired) electrons. The fraction of sp³-hybridized carbons (Fsp3) is 0.333. The highest BCUT2D eigenvalue weighted by Crippen LogP contribution is 2.13. The normalized spacial score (nSPS) is 13.6. The molecular weight excluding hydrogens is 925 g/mol. The van der Waals surface area contributed by atoms with Crippen molar-refractivity contribution in [2.24, 2.45) is 0 Å². The van der Waals surface area contributed by atoms with Crippen LogP contribution < -0.4 is 26.6 Å². The Bertz CT molecular complexity index is 2610. The van der Waals surface area contributed by atoms with Crippen LogP contribution in [0.15, 0.2) is 152 Å². The van der Waals surface area contributed by atoms with Gasteiger partial charge in [0.25, 0.3) is 10.1 Å². The third-order valence-corrected chi connectivity index (χ3v) is 12.7. The smallest absolute Gasteiger partial charge is 0.326 e. The SMILES string of the molecule is C[N+](C)(CCCC(=O)NC(Cc1ccccc1)C(=O)NC(Cc1ccccc1)C(=O)NC(Cc1ccccc1)C(=O)NC(Cc1ccccc1)C(=O)NC(Cc1ccccc1)C(=O)O)CCCS(=O)(=O)O. The number of carboxylic acid groups (broad SMARTS) is 1. The molecule has 0 saturated heterocycles. The Hall–Kier alpha value is -7.21. The first-order valence-corrected chi connectivity index (χ1v) is 25.2. The van der Waals surface area contributed by atoms with Crippen LogP contribution in [-0.4, -0.2) is 121 Å². The maximum absolute atomic E-state index is 14.7. The van der Waals surface area contributed by atoms with Gasteiger partial charge in [-0.2, -0.15) is 8.42 Å². The van der Waals surface area contributed by atoms with Gasteiger partial charge in [-0.15, -0.1) is 0 Å². The molecule has 0 aromatic heterocycles. The molecule has 71 heavy (non-hydrogen) atoms. The van der Waals surface area contributed by atoms with Crippen LogP contribution in [0.5, 0.6) is 0 Å².